The van der Waals surface area contributed by atoms with Crippen LogP contribution in [0.4, 0.5) is 11.1 Å². The standard InChI is InChI=1S/C14H19N7O2S/c1-10(12(22)18-14-19-16-9-24-14)20-5-7-21(8-6-20)13-15-4-3-11(17-13)23-2/h3-4,9-10H,5-8H2,1-2H3,(H,18,19,22)/t10-/m1/s1. The summed E-state index contributed by atoms with van der Waals surface area (Å²) >= 11 is 1.31. The van der Waals surface area contributed by atoms with Crippen molar-refractivity contribution >= 4 is 28.3 Å². The summed E-state index contributed by atoms with van der Waals surface area (Å²) in [6.45, 7) is 4.91. The number of nitrogens with zero attached hydrogens (tertiary/aromatic N) is 6. The molecule has 3 rings (SSSR count). The van der Waals surface area contributed by atoms with Gasteiger partial charge in [0.25, 0.3) is 0 Å². The van der Waals surface area contributed by atoms with E-state index < -0.39 is 0 Å². The predicted octanol–water partition coefficient (Wildman–Crippen LogP) is 0.486. The average Bonchev–Trinajstić information content (AvgIpc) is 3.14. The van der Waals surface area contributed by atoms with Crippen LogP contribution in [0.25, 0.3) is 0 Å². The lowest BCUT2D eigenvalue weighted by Crippen LogP contribution is -2.53. The molecule has 0 saturated carbocycles. The van der Waals surface area contributed by atoms with Crippen molar-refractivity contribution in [1.29, 1.82) is 0 Å². The van der Waals surface area contributed by atoms with Crippen molar-refractivity contribution in [2.24, 2.45) is 0 Å². The fraction of sp³-hybridized carbons (Fsp3) is 0.500. The van der Waals surface area contributed by atoms with Gasteiger partial charge in [0.15, 0.2) is 0 Å². The summed E-state index contributed by atoms with van der Waals surface area (Å²) < 4.78 is 5.14. The first-order valence-electron chi connectivity index (χ1n) is 7.60. The molecule has 1 saturated heterocycles. The molecule has 0 radical (unpaired) electrons. The molecule has 1 fully saturated rings. The number of carbonyl (C=O) groups is 1. The number of piperazine rings is 1. The fourth-order valence-corrected chi connectivity index (χ4v) is 2.96. The Balaban J connectivity index is 1.55. The highest BCUT2D eigenvalue weighted by atomic mass is 32.1. The minimum absolute atomic E-state index is 0.0715. The molecule has 3 heterocycles. The minimum Gasteiger partial charge on any atom is -0.481 e. The topological polar surface area (TPSA) is 96.4 Å². The third-order valence-electron chi connectivity index (χ3n) is 3.94. The van der Waals surface area contributed by atoms with Gasteiger partial charge in [-0.1, -0.05) is 11.3 Å². The van der Waals surface area contributed by atoms with E-state index in [0.29, 0.717) is 17.0 Å². The Morgan fingerprint density at radius 3 is 2.83 bits per heavy atom. The molecular formula is C14H19N7O2S. The molecule has 24 heavy (non-hydrogen) atoms. The molecule has 1 amide bonds. The van der Waals surface area contributed by atoms with Crippen molar-refractivity contribution in [3.05, 3.63) is 17.8 Å². The van der Waals surface area contributed by atoms with E-state index in [1.54, 1.807) is 24.9 Å². The molecule has 0 aromatic carbocycles. The molecule has 0 spiro atoms. The van der Waals surface area contributed by atoms with Crippen LogP contribution in [0.5, 0.6) is 5.88 Å². The summed E-state index contributed by atoms with van der Waals surface area (Å²) in [5.41, 5.74) is 1.59. The summed E-state index contributed by atoms with van der Waals surface area (Å²) in [5, 5.41) is 10.9. The van der Waals surface area contributed by atoms with Gasteiger partial charge >= 0.3 is 0 Å². The Morgan fingerprint density at radius 1 is 1.38 bits per heavy atom. The zero-order chi connectivity index (χ0) is 16.9. The average molecular weight is 349 g/mol. The first-order valence-corrected chi connectivity index (χ1v) is 8.48. The Labute approximate surface area is 143 Å². The van der Waals surface area contributed by atoms with E-state index >= 15 is 0 Å². The molecule has 128 valence electrons. The summed E-state index contributed by atoms with van der Waals surface area (Å²) in [6.07, 6.45) is 1.69. The third kappa shape index (κ3) is 3.77. The van der Waals surface area contributed by atoms with Gasteiger partial charge in [-0.2, -0.15) is 4.98 Å². The van der Waals surface area contributed by atoms with E-state index in [4.69, 9.17) is 4.74 Å². The molecule has 0 unspecified atom stereocenters. The molecule has 2 aromatic rings. The summed E-state index contributed by atoms with van der Waals surface area (Å²) in [7, 11) is 1.59. The maximum atomic E-state index is 12.3. The van der Waals surface area contributed by atoms with E-state index in [0.717, 1.165) is 26.2 Å². The molecule has 0 aliphatic carbocycles. The predicted molar refractivity (Wildman–Crippen MR) is 90.4 cm³/mol. The highest BCUT2D eigenvalue weighted by Gasteiger charge is 2.27. The lowest BCUT2D eigenvalue weighted by molar-refractivity contribution is -0.120. The quantitative estimate of drug-likeness (QED) is 0.833. The van der Waals surface area contributed by atoms with Crippen molar-refractivity contribution in [3.8, 4) is 5.88 Å². The van der Waals surface area contributed by atoms with Crippen molar-refractivity contribution in [2.75, 3.05) is 43.5 Å². The number of amides is 1. The summed E-state index contributed by atoms with van der Waals surface area (Å²) in [5.74, 6) is 1.13. The molecule has 1 atom stereocenters. The number of ether oxygens (including phenoxy) is 1. The number of nitrogens with one attached hydrogen (secondary N) is 1. The smallest absolute Gasteiger partial charge is 0.243 e. The normalized spacial score (nSPS) is 16.7. The molecule has 2 aromatic heterocycles. The van der Waals surface area contributed by atoms with Crippen molar-refractivity contribution in [1.82, 2.24) is 25.1 Å². The highest BCUT2D eigenvalue weighted by molar-refractivity contribution is 7.13. The van der Waals surface area contributed by atoms with E-state index in [2.05, 4.69) is 35.3 Å². The SMILES string of the molecule is COc1ccnc(N2CCN([C@H](C)C(=O)Nc3nncs3)CC2)n1. The zero-order valence-corrected chi connectivity index (χ0v) is 14.4. The molecular weight excluding hydrogens is 330 g/mol. The molecule has 1 N–H and O–H groups in total. The molecule has 10 heteroatoms. The molecule has 9 nitrogen and oxygen atoms in total. The Hall–Kier alpha value is -2.33. The molecule has 1 aliphatic rings. The fourth-order valence-electron chi connectivity index (χ4n) is 2.51. The van der Waals surface area contributed by atoms with Crippen LogP contribution in [0.2, 0.25) is 0 Å². The maximum Gasteiger partial charge on any atom is 0.243 e. The molecule has 1 aliphatic heterocycles. The van der Waals surface area contributed by atoms with Gasteiger partial charge in [-0.25, -0.2) is 4.98 Å². The largest absolute Gasteiger partial charge is 0.481 e. The van der Waals surface area contributed by atoms with Crippen molar-refractivity contribution < 1.29 is 9.53 Å². The van der Waals surface area contributed by atoms with E-state index in [1.807, 2.05) is 6.92 Å². The maximum absolute atomic E-state index is 12.3. The molecule has 0 bridgehead atoms. The highest BCUT2D eigenvalue weighted by Crippen LogP contribution is 2.16. The van der Waals surface area contributed by atoms with Crippen LogP contribution in [0, 0.1) is 0 Å². The minimum atomic E-state index is -0.234. The van der Waals surface area contributed by atoms with Crippen molar-refractivity contribution in [3.63, 3.8) is 0 Å². The van der Waals surface area contributed by atoms with Crippen molar-refractivity contribution in [2.45, 2.75) is 13.0 Å². The van der Waals surface area contributed by atoms with Gasteiger partial charge in [-0.05, 0) is 6.92 Å². The summed E-state index contributed by atoms with van der Waals surface area (Å²) in [4.78, 5) is 25.1. The number of anilines is 2. The van der Waals surface area contributed by atoms with Gasteiger partial charge in [0.05, 0.1) is 13.2 Å². The first-order chi connectivity index (χ1) is 11.7. The first kappa shape index (κ1) is 16.5. The van der Waals surface area contributed by atoms with Gasteiger partial charge in [0.2, 0.25) is 22.9 Å². The Kier molecular flexibility index (Phi) is 5.16. The third-order valence-corrected chi connectivity index (χ3v) is 4.55. The number of hydrogen-bond acceptors (Lipinski definition) is 9. The van der Waals surface area contributed by atoms with Gasteiger partial charge in [-0.15, -0.1) is 10.2 Å². The van der Waals surface area contributed by atoms with Crippen LogP contribution in [0.1, 0.15) is 6.92 Å². The zero-order valence-electron chi connectivity index (χ0n) is 13.5. The number of rotatable bonds is 5. The van der Waals surface area contributed by atoms with Gasteiger partial charge in [-0.3, -0.25) is 15.0 Å². The number of carbonyl (C=O) groups excluding carboxylic acids is 1. The van der Waals surface area contributed by atoms with E-state index in [1.165, 1.54) is 11.3 Å². The van der Waals surface area contributed by atoms with E-state index in [-0.39, 0.29) is 11.9 Å². The Morgan fingerprint density at radius 2 is 2.17 bits per heavy atom. The lowest BCUT2D eigenvalue weighted by atomic mass is 10.2. The second kappa shape index (κ2) is 7.49. The summed E-state index contributed by atoms with van der Waals surface area (Å²) in [6, 6.07) is 1.49. The van der Waals surface area contributed by atoms with Crippen LogP contribution < -0.4 is 15.0 Å². The van der Waals surface area contributed by atoms with Crippen LogP contribution in [0.15, 0.2) is 17.8 Å². The monoisotopic (exact) mass is 349 g/mol. The van der Waals surface area contributed by atoms with Crippen LogP contribution in [-0.4, -0.2) is 70.3 Å². The van der Waals surface area contributed by atoms with Gasteiger partial charge < -0.3 is 9.64 Å². The number of aromatic nitrogens is 4. The van der Waals surface area contributed by atoms with Crippen LogP contribution >= 0.6 is 11.3 Å². The number of methoxy groups -OCH3 is 1. The van der Waals surface area contributed by atoms with Crippen LogP contribution in [0.3, 0.4) is 0 Å². The second-order valence-corrected chi connectivity index (χ2v) is 6.16. The lowest BCUT2D eigenvalue weighted by Gasteiger charge is -2.37. The van der Waals surface area contributed by atoms with Gasteiger partial charge in [0.1, 0.15) is 5.51 Å². The van der Waals surface area contributed by atoms with E-state index in [9.17, 15) is 4.79 Å². The van der Waals surface area contributed by atoms with Gasteiger partial charge in [0, 0.05) is 38.4 Å². The second-order valence-electron chi connectivity index (χ2n) is 5.33. The van der Waals surface area contributed by atoms with Crippen LogP contribution in [-0.2, 0) is 4.79 Å². The Bertz CT molecular complexity index is 674. The number of hydrogen-bond donors (Lipinski definition) is 1.